The van der Waals surface area contributed by atoms with Gasteiger partial charge in [-0.1, -0.05) is 13.8 Å². The first-order valence-electron chi connectivity index (χ1n) is 8.99. The minimum Gasteiger partial charge on any atom is -0.319 e. The maximum absolute atomic E-state index is 12.8. The van der Waals surface area contributed by atoms with E-state index in [9.17, 15) is 13.7 Å². The van der Waals surface area contributed by atoms with Gasteiger partial charge in [-0.15, -0.1) is 0 Å². The Morgan fingerprint density at radius 3 is 2.61 bits per heavy atom. The highest BCUT2D eigenvalue weighted by Crippen LogP contribution is 2.32. The molecule has 0 radical (unpaired) electrons. The first-order chi connectivity index (χ1) is 13.5. The van der Waals surface area contributed by atoms with Crippen LogP contribution in [0.25, 0.3) is 11.0 Å². The lowest BCUT2D eigenvalue weighted by Gasteiger charge is -2.18. The fourth-order valence-corrected chi connectivity index (χ4v) is 5.46. The molecule has 3 aromatic rings. The van der Waals surface area contributed by atoms with E-state index in [1.807, 2.05) is 25.3 Å². The van der Waals surface area contributed by atoms with Crippen molar-refractivity contribution in [3.05, 3.63) is 42.1 Å². The van der Waals surface area contributed by atoms with Gasteiger partial charge < -0.3 is 4.57 Å². The smallest absolute Gasteiger partial charge is 0.243 e. The largest absolute Gasteiger partial charge is 0.319 e. The van der Waals surface area contributed by atoms with E-state index in [1.54, 1.807) is 36.5 Å². The molecule has 2 aromatic heterocycles. The molecular weight excluding hydrogens is 394 g/mol. The molecule has 7 nitrogen and oxygen atoms in total. The minimum atomic E-state index is -3.55. The van der Waals surface area contributed by atoms with Gasteiger partial charge in [-0.25, -0.2) is 18.4 Å². The van der Waals surface area contributed by atoms with Crippen molar-refractivity contribution in [2.75, 3.05) is 13.1 Å². The number of nitriles is 1. The number of aryl methyl sites for hydroxylation is 1. The van der Waals surface area contributed by atoms with Crippen LogP contribution in [0.3, 0.4) is 0 Å². The zero-order valence-electron chi connectivity index (χ0n) is 16.0. The van der Waals surface area contributed by atoms with E-state index >= 15 is 0 Å². The van der Waals surface area contributed by atoms with Crippen molar-refractivity contribution in [2.24, 2.45) is 0 Å². The predicted octanol–water partition coefficient (Wildman–Crippen LogP) is 3.50. The first-order valence-corrected chi connectivity index (χ1v) is 11.2. The van der Waals surface area contributed by atoms with Gasteiger partial charge in [-0.3, -0.25) is 0 Å². The molecule has 0 bridgehead atoms. The zero-order chi connectivity index (χ0) is 20.3. The van der Waals surface area contributed by atoms with E-state index in [-0.39, 0.29) is 4.90 Å². The number of hydrogen-bond acceptors (Lipinski definition) is 6. The fraction of sp³-hybridized carbons (Fsp3) is 0.316. The zero-order valence-corrected chi connectivity index (χ0v) is 17.6. The Labute approximate surface area is 169 Å². The Bertz CT molecular complexity index is 1140. The number of imidazole rings is 1. The lowest BCUT2D eigenvalue weighted by Crippen LogP contribution is -2.30. The van der Waals surface area contributed by atoms with Crippen LogP contribution in [-0.2, 0) is 16.6 Å². The Kier molecular flexibility index (Phi) is 6.03. The third kappa shape index (κ3) is 3.63. The van der Waals surface area contributed by atoms with Crippen molar-refractivity contribution in [3.8, 4) is 6.07 Å². The number of rotatable bonds is 7. The molecule has 0 saturated heterocycles. The molecule has 1 aromatic carbocycles. The van der Waals surface area contributed by atoms with Crippen molar-refractivity contribution in [1.82, 2.24) is 18.8 Å². The minimum absolute atomic E-state index is 0.233. The average Bonchev–Trinajstić information content (AvgIpc) is 3.05. The molecule has 0 atom stereocenters. The van der Waals surface area contributed by atoms with Gasteiger partial charge in [0.2, 0.25) is 10.0 Å². The second kappa shape index (κ2) is 8.31. The van der Waals surface area contributed by atoms with Crippen LogP contribution in [0.2, 0.25) is 0 Å². The third-order valence-corrected chi connectivity index (χ3v) is 7.48. The molecule has 9 heteroatoms. The van der Waals surface area contributed by atoms with E-state index in [2.05, 4.69) is 16.0 Å². The molecule has 0 aliphatic heterocycles. The predicted molar refractivity (Wildman–Crippen MR) is 109 cm³/mol. The molecule has 0 N–H and O–H groups in total. The van der Waals surface area contributed by atoms with Crippen LogP contribution >= 0.6 is 11.8 Å². The number of aromatic nitrogens is 3. The summed E-state index contributed by atoms with van der Waals surface area (Å²) in [4.78, 5) is 9.14. The number of sulfonamides is 1. The Morgan fingerprint density at radius 2 is 1.96 bits per heavy atom. The summed E-state index contributed by atoms with van der Waals surface area (Å²) in [6, 6.07) is 10.6. The van der Waals surface area contributed by atoms with Crippen LogP contribution < -0.4 is 0 Å². The number of fused-ring (bicyclic) bond motifs is 1. The molecule has 3 rings (SSSR count). The lowest BCUT2D eigenvalue weighted by atomic mass is 10.3. The van der Waals surface area contributed by atoms with Crippen molar-refractivity contribution in [2.45, 2.75) is 42.4 Å². The number of nitrogens with zero attached hydrogens (tertiary/aromatic N) is 5. The topological polar surface area (TPSA) is 91.9 Å². The Morgan fingerprint density at radius 1 is 1.21 bits per heavy atom. The molecule has 0 saturated carbocycles. The van der Waals surface area contributed by atoms with Gasteiger partial charge in [0, 0.05) is 25.8 Å². The Hall–Kier alpha value is -2.41. The summed E-state index contributed by atoms with van der Waals surface area (Å²) in [5, 5.41) is 10.5. The van der Waals surface area contributed by atoms with E-state index in [0.29, 0.717) is 40.9 Å². The summed E-state index contributed by atoms with van der Waals surface area (Å²) < 4.78 is 29.0. The summed E-state index contributed by atoms with van der Waals surface area (Å²) in [6.07, 6.45) is 1.64. The molecule has 0 aliphatic rings. The van der Waals surface area contributed by atoms with Gasteiger partial charge >= 0.3 is 0 Å². The maximum Gasteiger partial charge on any atom is 0.243 e. The lowest BCUT2D eigenvalue weighted by molar-refractivity contribution is 0.445. The van der Waals surface area contributed by atoms with Gasteiger partial charge in [0.25, 0.3) is 0 Å². The third-order valence-electron chi connectivity index (χ3n) is 4.42. The SMILES string of the molecule is CCN(CC)S(=O)(=O)c1ccc2c(c1)nc(Sc1ncccc1C#N)n2CC. The first kappa shape index (κ1) is 20.3. The molecule has 0 spiro atoms. The van der Waals surface area contributed by atoms with Crippen LogP contribution in [-0.4, -0.2) is 40.3 Å². The van der Waals surface area contributed by atoms with Crippen molar-refractivity contribution in [3.63, 3.8) is 0 Å². The molecule has 0 unspecified atom stereocenters. The molecule has 146 valence electrons. The maximum atomic E-state index is 12.8. The summed E-state index contributed by atoms with van der Waals surface area (Å²) in [7, 11) is -3.55. The van der Waals surface area contributed by atoms with Gasteiger partial charge in [-0.2, -0.15) is 9.57 Å². The highest BCUT2D eigenvalue weighted by molar-refractivity contribution is 7.99. The van der Waals surface area contributed by atoms with Gasteiger partial charge in [0.15, 0.2) is 5.16 Å². The normalized spacial score (nSPS) is 11.8. The van der Waals surface area contributed by atoms with Gasteiger partial charge in [0.1, 0.15) is 11.1 Å². The van der Waals surface area contributed by atoms with Gasteiger partial charge in [0.05, 0.1) is 21.5 Å². The van der Waals surface area contributed by atoms with E-state index in [4.69, 9.17) is 0 Å². The highest BCUT2D eigenvalue weighted by atomic mass is 32.2. The van der Waals surface area contributed by atoms with E-state index in [1.165, 1.54) is 16.1 Å². The molecule has 0 amide bonds. The van der Waals surface area contributed by atoms with E-state index < -0.39 is 10.0 Å². The second-order valence-electron chi connectivity index (χ2n) is 5.95. The molecule has 0 aliphatic carbocycles. The number of hydrogen-bond donors (Lipinski definition) is 0. The quantitative estimate of drug-likeness (QED) is 0.586. The van der Waals surface area contributed by atoms with Crippen molar-refractivity contribution >= 4 is 32.8 Å². The molecular formula is C19H21N5O2S2. The van der Waals surface area contributed by atoms with Crippen LogP contribution in [0.15, 0.2) is 51.6 Å². The molecule has 0 fully saturated rings. The standard InChI is InChI=1S/C19H21N5O2S2/c1-4-23(5-2)28(25,26)15-9-10-17-16(12-15)22-19(24(17)6-3)27-18-14(13-20)8-7-11-21-18/h7-12H,4-6H2,1-3H3. The average molecular weight is 416 g/mol. The van der Waals surface area contributed by atoms with Gasteiger partial charge in [-0.05, 0) is 49.0 Å². The second-order valence-corrected chi connectivity index (χ2v) is 8.84. The van der Waals surface area contributed by atoms with Crippen molar-refractivity contribution in [1.29, 1.82) is 5.26 Å². The number of pyridine rings is 1. The summed E-state index contributed by atoms with van der Waals surface area (Å²) in [5.74, 6) is 0. The fourth-order valence-electron chi connectivity index (χ4n) is 2.99. The van der Waals surface area contributed by atoms with Crippen LogP contribution in [0, 0.1) is 11.3 Å². The van der Waals surface area contributed by atoms with Crippen molar-refractivity contribution < 1.29 is 8.42 Å². The molecule has 2 heterocycles. The van der Waals surface area contributed by atoms with Crippen LogP contribution in [0.5, 0.6) is 0 Å². The summed E-state index contributed by atoms with van der Waals surface area (Å²) >= 11 is 1.30. The number of benzene rings is 1. The highest BCUT2D eigenvalue weighted by Gasteiger charge is 2.23. The Balaban J connectivity index is 2.08. The van der Waals surface area contributed by atoms with Crippen LogP contribution in [0.1, 0.15) is 26.3 Å². The summed E-state index contributed by atoms with van der Waals surface area (Å²) in [5.41, 5.74) is 1.93. The molecule has 28 heavy (non-hydrogen) atoms. The monoisotopic (exact) mass is 415 g/mol. The van der Waals surface area contributed by atoms with Crippen LogP contribution in [0.4, 0.5) is 0 Å². The van der Waals surface area contributed by atoms with E-state index in [0.717, 1.165) is 5.52 Å². The summed E-state index contributed by atoms with van der Waals surface area (Å²) in [6.45, 7) is 7.13.